The van der Waals surface area contributed by atoms with Crippen LogP contribution in [0.5, 0.6) is 0 Å². The minimum Gasteiger partial charge on any atom is -0.361 e. The van der Waals surface area contributed by atoms with Crippen molar-refractivity contribution in [2.75, 3.05) is 0 Å². The lowest BCUT2D eigenvalue weighted by Crippen LogP contribution is -2.04. The normalized spacial score (nSPS) is 30.2. The van der Waals surface area contributed by atoms with Gasteiger partial charge in [0.2, 0.25) is 0 Å². The molecular weight excluding hydrogens is 128 g/mol. The highest BCUT2D eigenvalue weighted by Gasteiger charge is 2.41. The van der Waals surface area contributed by atoms with Gasteiger partial charge in [0.25, 0.3) is 0 Å². The van der Waals surface area contributed by atoms with Gasteiger partial charge in [0, 0.05) is 0 Å². The van der Waals surface area contributed by atoms with E-state index in [1.54, 1.807) is 6.92 Å². The van der Waals surface area contributed by atoms with Crippen molar-refractivity contribution in [3.8, 4) is 0 Å². The molecule has 0 aromatic heterocycles. The number of epoxide rings is 1. The van der Waals surface area contributed by atoms with Gasteiger partial charge in [-0.05, 0) is 13.3 Å². The Balaban J connectivity index is 2.08. The second kappa shape index (κ2) is 3.15. The van der Waals surface area contributed by atoms with Gasteiger partial charge in [-0.1, -0.05) is 19.8 Å². The molecule has 0 aliphatic carbocycles. The quantitative estimate of drug-likeness (QED) is 0.557. The predicted molar refractivity (Wildman–Crippen MR) is 38.9 cm³/mol. The summed E-state index contributed by atoms with van der Waals surface area (Å²) in [4.78, 5) is 10.7. The number of carbonyl (C=O) groups is 1. The van der Waals surface area contributed by atoms with Crippen LogP contribution in [0.25, 0.3) is 0 Å². The molecule has 0 N–H and O–H groups in total. The van der Waals surface area contributed by atoms with Crippen molar-refractivity contribution in [2.24, 2.45) is 0 Å². The van der Waals surface area contributed by atoms with E-state index < -0.39 is 0 Å². The van der Waals surface area contributed by atoms with Crippen molar-refractivity contribution >= 4 is 5.78 Å². The summed E-state index contributed by atoms with van der Waals surface area (Å²) < 4.78 is 5.13. The Labute approximate surface area is 61.6 Å². The molecule has 1 fully saturated rings. The van der Waals surface area contributed by atoms with Crippen LogP contribution in [0.4, 0.5) is 0 Å². The summed E-state index contributed by atoms with van der Waals surface area (Å²) in [5.74, 6) is 0.182. The van der Waals surface area contributed by atoms with Crippen molar-refractivity contribution < 1.29 is 9.53 Å². The minimum absolute atomic E-state index is 0.0495. The first kappa shape index (κ1) is 7.73. The highest BCUT2D eigenvalue weighted by molar-refractivity contribution is 5.83. The first-order valence-corrected chi connectivity index (χ1v) is 3.91. The lowest BCUT2D eigenvalue weighted by Gasteiger charge is -1.88. The average Bonchev–Trinajstić information content (AvgIpc) is 2.62. The predicted octanol–water partition coefficient (Wildman–Crippen LogP) is 1.53. The van der Waals surface area contributed by atoms with E-state index in [0.29, 0.717) is 0 Å². The van der Waals surface area contributed by atoms with Gasteiger partial charge in [-0.3, -0.25) is 4.79 Å². The van der Waals surface area contributed by atoms with Crippen LogP contribution in [0, 0.1) is 0 Å². The molecule has 0 aromatic rings. The third-order valence-electron chi connectivity index (χ3n) is 1.83. The third-order valence-corrected chi connectivity index (χ3v) is 1.83. The van der Waals surface area contributed by atoms with Crippen LogP contribution in [0.15, 0.2) is 0 Å². The molecule has 0 bridgehead atoms. The fraction of sp³-hybridized carbons (Fsp3) is 0.875. The fourth-order valence-electron chi connectivity index (χ4n) is 1.13. The summed E-state index contributed by atoms with van der Waals surface area (Å²) in [6, 6.07) is 0. The number of carbonyl (C=O) groups excluding carboxylic acids is 1. The molecule has 2 heteroatoms. The molecule has 2 atom stereocenters. The Bertz CT molecular complexity index is 131. The Hall–Kier alpha value is -0.370. The van der Waals surface area contributed by atoms with Crippen LogP contribution in [-0.4, -0.2) is 18.0 Å². The summed E-state index contributed by atoms with van der Waals surface area (Å²) in [7, 11) is 0. The molecule has 1 aliphatic heterocycles. The molecule has 1 aliphatic rings. The van der Waals surface area contributed by atoms with E-state index in [9.17, 15) is 4.79 Å². The number of rotatable bonds is 4. The van der Waals surface area contributed by atoms with Crippen LogP contribution in [0.3, 0.4) is 0 Å². The Morgan fingerprint density at radius 2 is 2.30 bits per heavy atom. The summed E-state index contributed by atoms with van der Waals surface area (Å²) >= 11 is 0. The summed E-state index contributed by atoms with van der Waals surface area (Å²) in [6.45, 7) is 3.74. The van der Waals surface area contributed by atoms with E-state index in [0.717, 1.165) is 6.42 Å². The summed E-state index contributed by atoms with van der Waals surface area (Å²) in [5, 5.41) is 0. The van der Waals surface area contributed by atoms with Crippen LogP contribution in [0.1, 0.15) is 33.1 Å². The monoisotopic (exact) mass is 142 g/mol. The molecule has 10 heavy (non-hydrogen) atoms. The molecule has 1 saturated heterocycles. The number of hydrogen-bond donors (Lipinski definition) is 0. The van der Waals surface area contributed by atoms with Crippen molar-refractivity contribution in [3.05, 3.63) is 0 Å². The van der Waals surface area contributed by atoms with Gasteiger partial charge < -0.3 is 4.74 Å². The second-order valence-electron chi connectivity index (χ2n) is 2.85. The van der Waals surface area contributed by atoms with Crippen molar-refractivity contribution in [3.63, 3.8) is 0 Å². The van der Waals surface area contributed by atoms with E-state index >= 15 is 0 Å². The number of hydrogen-bond acceptors (Lipinski definition) is 2. The van der Waals surface area contributed by atoms with E-state index in [1.165, 1.54) is 12.8 Å². The van der Waals surface area contributed by atoms with Crippen molar-refractivity contribution in [1.82, 2.24) is 0 Å². The SMILES string of the molecule is CCCC[C@@H]1O[C@@H]1C(C)=O. The maximum absolute atomic E-state index is 10.7. The maximum Gasteiger partial charge on any atom is 0.161 e. The lowest BCUT2D eigenvalue weighted by molar-refractivity contribution is -0.118. The first-order valence-electron chi connectivity index (χ1n) is 3.91. The van der Waals surface area contributed by atoms with Gasteiger partial charge in [-0.2, -0.15) is 0 Å². The van der Waals surface area contributed by atoms with E-state index in [2.05, 4.69) is 6.92 Å². The zero-order valence-corrected chi connectivity index (χ0v) is 6.59. The van der Waals surface area contributed by atoms with Crippen LogP contribution in [-0.2, 0) is 9.53 Å². The zero-order valence-electron chi connectivity index (χ0n) is 6.59. The summed E-state index contributed by atoms with van der Waals surface area (Å²) in [5.41, 5.74) is 0. The number of ketones is 1. The van der Waals surface area contributed by atoms with Crippen molar-refractivity contribution in [2.45, 2.75) is 45.3 Å². The molecule has 0 aromatic carbocycles. The molecule has 0 spiro atoms. The van der Waals surface area contributed by atoms with Gasteiger partial charge >= 0.3 is 0 Å². The zero-order chi connectivity index (χ0) is 7.56. The van der Waals surface area contributed by atoms with Crippen LogP contribution >= 0.6 is 0 Å². The van der Waals surface area contributed by atoms with Gasteiger partial charge in [0.15, 0.2) is 5.78 Å². The fourth-order valence-corrected chi connectivity index (χ4v) is 1.13. The maximum atomic E-state index is 10.7. The van der Waals surface area contributed by atoms with Crippen molar-refractivity contribution in [1.29, 1.82) is 0 Å². The number of ether oxygens (including phenoxy) is 1. The Morgan fingerprint density at radius 1 is 1.60 bits per heavy atom. The molecule has 0 saturated carbocycles. The van der Waals surface area contributed by atoms with Gasteiger partial charge in [-0.25, -0.2) is 0 Å². The third kappa shape index (κ3) is 1.81. The largest absolute Gasteiger partial charge is 0.361 e. The van der Waals surface area contributed by atoms with Crippen LogP contribution in [0.2, 0.25) is 0 Å². The minimum atomic E-state index is -0.0495. The topological polar surface area (TPSA) is 29.6 Å². The molecule has 1 rings (SSSR count). The molecule has 0 amide bonds. The van der Waals surface area contributed by atoms with E-state index in [1.807, 2.05) is 0 Å². The highest BCUT2D eigenvalue weighted by atomic mass is 16.6. The van der Waals surface area contributed by atoms with E-state index in [-0.39, 0.29) is 18.0 Å². The Morgan fingerprint density at radius 3 is 2.70 bits per heavy atom. The smallest absolute Gasteiger partial charge is 0.161 e. The Kier molecular flexibility index (Phi) is 2.44. The molecule has 0 radical (unpaired) electrons. The highest BCUT2D eigenvalue weighted by Crippen LogP contribution is 2.27. The number of Topliss-reactive ketones (excluding diaryl/α,β-unsaturated/α-hetero) is 1. The number of unbranched alkanes of at least 4 members (excludes halogenated alkanes) is 1. The molecular formula is C8H14O2. The average molecular weight is 142 g/mol. The van der Waals surface area contributed by atoms with Gasteiger partial charge in [0.1, 0.15) is 6.10 Å². The van der Waals surface area contributed by atoms with Crippen LogP contribution < -0.4 is 0 Å². The second-order valence-corrected chi connectivity index (χ2v) is 2.85. The lowest BCUT2D eigenvalue weighted by atomic mass is 10.1. The van der Waals surface area contributed by atoms with Gasteiger partial charge in [-0.15, -0.1) is 0 Å². The molecule has 58 valence electrons. The van der Waals surface area contributed by atoms with Gasteiger partial charge in [0.05, 0.1) is 6.10 Å². The molecule has 0 unspecified atom stereocenters. The van der Waals surface area contributed by atoms with E-state index in [4.69, 9.17) is 4.74 Å². The standard InChI is InChI=1S/C8H14O2/c1-3-4-5-7-8(10-7)6(2)9/h7-8H,3-5H2,1-2H3/t7-,8+/m0/s1. The first-order chi connectivity index (χ1) is 4.75. The molecule has 2 nitrogen and oxygen atoms in total. The summed E-state index contributed by atoms with van der Waals surface area (Å²) in [6.07, 6.45) is 3.63. The molecule has 1 heterocycles.